The van der Waals surface area contributed by atoms with Crippen molar-refractivity contribution in [2.75, 3.05) is 12.0 Å². The minimum atomic E-state index is -0.738. The van der Waals surface area contributed by atoms with Crippen molar-refractivity contribution in [3.8, 4) is 6.07 Å². The molecule has 0 aliphatic rings. The van der Waals surface area contributed by atoms with Gasteiger partial charge in [-0.1, -0.05) is 22.0 Å². The van der Waals surface area contributed by atoms with Crippen molar-refractivity contribution >= 4 is 33.3 Å². The lowest BCUT2D eigenvalue weighted by Gasteiger charge is -2.02. The van der Waals surface area contributed by atoms with Crippen molar-refractivity contribution in [2.24, 2.45) is 5.10 Å². The van der Waals surface area contributed by atoms with Crippen LogP contribution in [-0.4, -0.2) is 18.3 Å². The number of hydrazone groups is 1. The zero-order chi connectivity index (χ0) is 12.7. The van der Waals surface area contributed by atoms with Crippen LogP contribution in [0.15, 0.2) is 33.8 Å². The first-order valence-electron chi connectivity index (χ1n) is 4.84. The van der Waals surface area contributed by atoms with E-state index in [2.05, 4.69) is 31.2 Å². The fraction of sp³-hybridized carbons (Fsp3) is 0.182. The van der Waals surface area contributed by atoms with Crippen LogP contribution < -0.4 is 5.43 Å². The Kier molecular flexibility index (Phi) is 5.17. The molecule has 1 rings (SSSR count). The molecule has 0 saturated carbocycles. The van der Waals surface area contributed by atoms with Gasteiger partial charge in [0.15, 0.2) is 0 Å². The molecule has 0 amide bonds. The first kappa shape index (κ1) is 13.2. The van der Waals surface area contributed by atoms with Gasteiger partial charge >= 0.3 is 5.97 Å². The lowest BCUT2D eigenvalue weighted by atomic mass is 10.3. The number of carbonyl (C=O) groups excluding carboxylic acids is 1. The van der Waals surface area contributed by atoms with Crippen molar-refractivity contribution in [3.63, 3.8) is 0 Å². The van der Waals surface area contributed by atoms with Crippen molar-refractivity contribution in [1.29, 1.82) is 5.26 Å². The molecule has 88 valence electrons. The summed E-state index contributed by atoms with van der Waals surface area (Å²) in [5.41, 5.74) is 2.96. The Morgan fingerprint density at radius 3 is 3.00 bits per heavy atom. The number of benzene rings is 1. The van der Waals surface area contributed by atoms with E-state index in [-0.39, 0.29) is 12.3 Å². The molecule has 0 aliphatic heterocycles. The number of hydrogen-bond acceptors (Lipinski definition) is 5. The number of ether oxygens (including phenoxy) is 1. The minimum absolute atomic E-state index is 0.205. The van der Waals surface area contributed by atoms with Gasteiger partial charge in [0.1, 0.15) is 6.07 Å². The highest BCUT2D eigenvalue weighted by molar-refractivity contribution is 9.10. The average molecular weight is 296 g/mol. The summed E-state index contributed by atoms with van der Waals surface area (Å²) in [6, 6.07) is 8.86. The van der Waals surface area contributed by atoms with Crippen molar-refractivity contribution < 1.29 is 9.53 Å². The maximum absolute atomic E-state index is 11.2. The SMILES string of the molecule is CCOC(=O)C(C#N)=NNc1cccc(Br)c1. The van der Waals surface area contributed by atoms with Crippen LogP contribution in [0.25, 0.3) is 0 Å². The molecule has 0 saturated heterocycles. The molecule has 0 spiro atoms. The van der Waals surface area contributed by atoms with Crippen LogP contribution in [-0.2, 0) is 9.53 Å². The van der Waals surface area contributed by atoms with Gasteiger partial charge in [-0.25, -0.2) is 4.79 Å². The predicted molar refractivity (Wildman–Crippen MR) is 67.4 cm³/mol. The molecular formula is C11H10BrN3O2. The van der Waals surface area contributed by atoms with E-state index >= 15 is 0 Å². The number of nitrogens with one attached hydrogen (secondary N) is 1. The third-order valence-corrected chi connectivity index (χ3v) is 2.19. The maximum atomic E-state index is 11.2. The second kappa shape index (κ2) is 6.66. The molecule has 0 heterocycles. The number of hydrogen-bond donors (Lipinski definition) is 1. The molecule has 1 aromatic carbocycles. The number of rotatable bonds is 4. The molecule has 1 N–H and O–H groups in total. The number of nitrogens with zero attached hydrogens (tertiary/aromatic N) is 2. The molecule has 0 unspecified atom stereocenters. The summed E-state index contributed by atoms with van der Waals surface area (Å²) in [5.74, 6) is -0.738. The van der Waals surface area contributed by atoms with E-state index < -0.39 is 5.97 Å². The Labute approximate surface area is 107 Å². The lowest BCUT2D eigenvalue weighted by molar-refractivity contribution is -0.134. The van der Waals surface area contributed by atoms with Crippen molar-refractivity contribution in [3.05, 3.63) is 28.7 Å². The Bertz CT molecular complexity index is 480. The molecule has 0 bridgehead atoms. The van der Waals surface area contributed by atoms with Gasteiger partial charge in [0, 0.05) is 4.47 Å². The smallest absolute Gasteiger partial charge is 0.369 e. The predicted octanol–water partition coefficient (Wildman–Crippen LogP) is 2.30. The van der Waals surface area contributed by atoms with Gasteiger partial charge in [0.05, 0.1) is 12.3 Å². The van der Waals surface area contributed by atoms with Crippen LogP contribution in [0.4, 0.5) is 5.69 Å². The molecule has 0 atom stereocenters. The summed E-state index contributed by atoms with van der Waals surface area (Å²) < 4.78 is 5.53. The van der Waals surface area contributed by atoms with Crippen molar-refractivity contribution in [1.82, 2.24) is 0 Å². The molecule has 0 radical (unpaired) electrons. The number of esters is 1. The number of nitriles is 1. The van der Waals surface area contributed by atoms with Crippen LogP contribution in [0, 0.1) is 11.3 Å². The van der Waals surface area contributed by atoms with E-state index in [0.29, 0.717) is 5.69 Å². The first-order chi connectivity index (χ1) is 8.17. The first-order valence-corrected chi connectivity index (χ1v) is 5.63. The minimum Gasteiger partial charge on any atom is -0.461 e. The Morgan fingerprint density at radius 1 is 1.65 bits per heavy atom. The molecule has 6 heteroatoms. The van der Waals surface area contributed by atoms with Gasteiger partial charge in [-0.15, -0.1) is 0 Å². The van der Waals surface area contributed by atoms with E-state index in [1.807, 2.05) is 6.07 Å². The molecular weight excluding hydrogens is 286 g/mol. The van der Waals surface area contributed by atoms with Gasteiger partial charge in [-0.2, -0.15) is 10.4 Å². The standard InChI is InChI=1S/C11H10BrN3O2/c1-2-17-11(16)10(7-13)15-14-9-5-3-4-8(12)6-9/h3-6,14H,2H2,1H3. The molecule has 1 aromatic rings. The van der Waals surface area contributed by atoms with E-state index in [1.54, 1.807) is 31.2 Å². The van der Waals surface area contributed by atoms with Gasteiger partial charge in [0.25, 0.3) is 0 Å². The van der Waals surface area contributed by atoms with Gasteiger partial charge in [0.2, 0.25) is 5.71 Å². The second-order valence-electron chi connectivity index (χ2n) is 2.91. The van der Waals surface area contributed by atoms with Crippen LogP contribution in [0.2, 0.25) is 0 Å². The monoisotopic (exact) mass is 295 g/mol. The molecule has 0 aliphatic carbocycles. The lowest BCUT2D eigenvalue weighted by Crippen LogP contribution is -2.17. The highest BCUT2D eigenvalue weighted by atomic mass is 79.9. The van der Waals surface area contributed by atoms with E-state index in [0.717, 1.165) is 4.47 Å². The van der Waals surface area contributed by atoms with E-state index in [4.69, 9.17) is 5.26 Å². The maximum Gasteiger partial charge on any atom is 0.369 e. The highest BCUT2D eigenvalue weighted by Crippen LogP contribution is 2.15. The summed E-state index contributed by atoms with van der Waals surface area (Å²) in [6.07, 6.45) is 0. The van der Waals surface area contributed by atoms with Crippen LogP contribution in [0.3, 0.4) is 0 Å². The number of carbonyl (C=O) groups is 1. The Hall–Kier alpha value is -1.87. The summed E-state index contributed by atoms with van der Waals surface area (Å²) in [7, 11) is 0. The van der Waals surface area contributed by atoms with Crippen LogP contribution >= 0.6 is 15.9 Å². The van der Waals surface area contributed by atoms with E-state index in [9.17, 15) is 4.79 Å². The molecule has 0 fully saturated rings. The average Bonchev–Trinajstić information content (AvgIpc) is 2.30. The number of halogens is 1. The molecule has 5 nitrogen and oxygen atoms in total. The normalized spacial score (nSPS) is 10.5. The van der Waals surface area contributed by atoms with Crippen molar-refractivity contribution in [2.45, 2.75) is 6.92 Å². The zero-order valence-electron chi connectivity index (χ0n) is 9.11. The molecule has 17 heavy (non-hydrogen) atoms. The summed E-state index contributed by atoms with van der Waals surface area (Å²) >= 11 is 3.29. The number of anilines is 1. The fourth-order valence-corrected chi connectivity index (χ4v) is 1.39. The zero-order valence-corrected chi connectivity index (χ0v) is 10.7. The van der Waals surface area contributed by atoms with Crippen LogP contribution in [0.1, 0.15) is 6.92 Å². The van der Waals surface area contributed by atoms with Crippen LogP contribution in [0.5, 0.6) is 0 Å². The van der Waals surface area contributed by atoms with Gasteiger partial charge in [-0.05, 0) is 25.1 Å². The van der Waals surface area contributed by atoms with Gasteiger partial charge in [-0.3, -0.25) is 5.43 Å². The molecule has 0 aromatic heterocycles. The topological polar surface area (TPSA) is 74.5 Å². The van der Waals surface area contributed by atoms with E-state index in [1.165, 1.54) is 0 Å². The third-order valence-electron chi connectivity index (χ3n) is 1.70. The summed E-state index contributed by atoms with van der Waals surface area (Å²) in [6.45, 7) is 1.87. The Morgan fingerprint density at radius 2 is 2.41 bits per heavy atom. The van der Waals surface area contributed by atoms with Gasteiger partial charge < -0.3 is 4.74 Å². The third kappa shape index (κ3) is 4.25. The largest absolute Gasteiger partial charge is 0.461 e. The summed E-state index contributed by atoms with van der Waals surface area (Å²) in [4.78, 5) is 11.2. The summed E-state index contributed by atoms with van der Waals surface area (Å²) in [5, 5.41) is 12.4. The Balaban J connectivity index is 2.75. The quantitative estimate of drug-likeness (QED) is 0.525. The second-order valence-corrected chi connectivity index (χ2v) is 3.83. The highest BCUT2D eigenvalue weighted by Gasteiger charge is 2.11. The fourth-order valence-electron chi connectivity index (χ4n) is 0.994.